The second-order valence-corrected chi connectivity index (χ2v) is 6.97. The SMILES string of the molecule is COCC(N)C(=O)NC(C)(Cc1cccc(Br)c1)c1ccccc1.Cl. The van der Waals surface area contributed by atoms with Crippen LogP contribution in [0, 0.1) is 0 Å². The normalized spacial score (nSPS) is 14.1. The predicted molar refractivity (Wildman–Crippen MR) is 107 cm³/mol. The molecule has 0 fully saturated rings. The van der Waals surface area contributed by atoms with E-state index in [0.717, 1.165) is 15.6 Å². The van der Waals surface area contributed by atoms with Gasteiger partial charge in [0.2, 0.25) is 5.91 Å². The number of methoxy groups -OCH3 is 1. The molecule has 6 heteroatoms. The number of benzene rings is 2. The van der Waals surface area contributed by atoms with Gasteiger partial charge in [-0.1, -0.05) is 58.4 Å². The second kappa shape index (κ2) is 9.92. The van der Waals surface area contributed by atoms with Gasteiger partial charge in [-0.15, -0.1) is 12.4 Å². The van der Waals surface area contributed by atoms with Gasteiger partial charge in [0.05, 0.1) is 12.1 Å². The number of ether oxygens (including phenoxy) is 1. The van der Waals surface area contributed by atoms with Crippen LogP contribution in [0.25, 0.3) is 0 Å². The van der Waals surface area contributed by atoms with Crippen LogP contribution in [0.5, 0.6) is 0 Å². The van der Waals surface area contributed by atoms with Crippen LogP contribution >= 0.6 is 28.3 Å². The van der Waals surface area contributed by atoms with Crippen molar-refractivity contribution in [2.75, 3.05) is 13.7 Å². The summed E-state index contributed by atoms with van der Waals surface area (Å²) in [4.78, 5) is 12.5. The molecule has 0 radical (unpaired) electrons. The number of nitrogens with one attached hydrogen (secondary N) is 1. The Hall–Kier alpha value is -1.40. The number of halogens is 2. The number of nitrogens with two attached hydrogens (primary N) is 1. The van der Waals surface area contributed by atoms with E-state index in [1.807, 2.05) is 55.5 Å². The smallest absolute Gasteiger partial charge is 0.240 e. The van der Waals surface area contributed by atoms with Crippen molar-refractivity contribution >= 4 is 34.2 Å². The highest BCUT2D eigenvalue weighted by atomic mass is 79.9. The Labute approximate surface area is 163 Å². The number of carbonyl (C=O) groups excluding carboxylic acids is 1. The highest BCUT2D eigenvalue weighted by Gasteiger charge is 2.30. The lowest BCUT2D eigenvalue weighted by molar-refractivity contribution is -0.125. The maximum atomic E-state index is 12.5. The zero-order valence-electron chi connectivity index (χ0n) is 14.4. The van der Waals surface area contributed by atoms with E-state index in [4.69, 9.17) is 10.5 Å². The summed E-state index contributed by atoms with van der Waals surface area (Å²) in [5, 5.41) is 3.10. The number of hydrogen-bond donors (Lipinski definition) is 2. The van der Waals surface area contributed by atoms with E-state index in [9.17, 15) is 4.79 Å². The molecule has 3 N–H and O–H groups in total. The largest absolute Gasteiger partial charge is 0.383 e. The van der Waals surface area contributed by atoms with Crippen LogP contribution < -0.4 is 11.1 Å². The van der Waals surface area contributed by atoms with Crippen LogP contribution in [0.3, 0.4) is 0 Å². The van der Waals surface area contributed by atoms with E-state index in [1.54, 1.807) is 0 Å². The van der Waals surface area contributed by atoms with Crippen molar-refractivity contribution in [1.82, 2.24) is 5.32 Å². The van der Waals surface area contributed by atoms with Crippen molar-refractivity contribution < 1.29 is 9.53 Å². The standard InChI is InChI=1S/C19H23BrN2O2.ClH/c1-19(15-8-4-3-5-9-15,22-18(23)17(21)13-24-2)12-14-7-6-10-16(20)11-14;/h3-11,17H,12-13,21H2,1-2H3,(H,22,23);1H. The van der Waals surface area contributed by atoms with Crippen molar-refractivity contribution in [3.05, 3.63) is 70.2 Å². The molecule has 0 aliphatic heterocycles. The molecule has 0 heterocycles. The van der Waals surface area contributed by atoms with Crippen molar-refractivity contribution in [3.63, 3.8) is 0 Å². The molecule has 1 amide bonds. The molecule has 0 saturated heterocycles. The summed E-state index contributed by atoms with van der Waals surface area (Å²) in [6, 6.07) is 17.3. The van der Waals surface area contributed by atoms with E-state index in [2.05, 4.69) is 27.3 Å². The molecule has 2 rings (SSSR count). The molecule has 2 aromatic rings. The second-order valence-electron chi connectivity index (χ2n) is 6.06. The first kappa shape index (κ1) is 21.6. The van der Waals surface area contributed by atoms with Gasteiger partial charge in [0.25, 0.3) is 0 Å². The van der Waals surface area contributed by atoms with Crippen molar-refractivity contribution in [3.8, 4) is 0 Å². The fourth-order valence-corrected chi connectivity index (χ4v) is 3.15. The zero-order chi connectivity index (χ0) is 17.6. The maximum Gasteiger partial charge on any atom is 0.240 e. The zero-order valence-corrected chi connectivity index (χ0v) is 16.8. The molecular formula is C19H24BrClN2O2. The fraction of sp³-hybridized carbons (Fsp3) is 0.316. The molecule has 0 saturated carbocycles. The molecule has 2 unspecified atom stereocenters. The minimum Gasteiger partial charge on any atom is -0.383 e. The van der Waals surface area contributed by atoms with E-state index in [0.29, 0.717) is 6.42 Å². The van der Waals surface area contributed by atoms with Gasteiger partial charge < -0.3 is 15.8 Å². The monoisotopic (exact) mass is 426 g/mol. The Morgan fingerprint density at radius 3 is 2.52 bits per heavy atom. The first-order valence-electron chi connectivity index (χ1n) is 7.81. The third-order valence-corrected chi connectivity index (χ3v) is 4.43. The molecule has 2 atom stereocenters. The number of amides is 1. The fourth-order valence-electron chi connectivity index (χ4n) is 2.70. The summed E-state index contributed by atoms with van der Waals surface area (Å²) >= 11 is 3.50. The first-order valence-corrected chi connectivity index (χ1v) is 8.60. The van der Waals surface area contributed by atoms with Gasteiger partial charge in [-0.3, -0.25) is 4.79 Å². The molecular weight excluding hydrogens is 404 g/mol. The lowest BCUT2D eigenvalue weighted by atomic mass is 9.85. The summed E-state index contributed by atoms with van der Waals surface area (Å²) in [5.41, 5.74) is 7.47. The van der Waals surface area contributed by atoms with E-state index < -0.39 is 11.6 Å². The number of rotatable bonds is 7. The van der Waals surface area contributed by atoms with Crippen LogP contribution in [0.15, 0.2) is 59.1 Å². The third-order valence-electron chi connectivity index (χ3n) is 3.94. The van der Waals surface area contributed by atoms with Gasteiger partial charge in [0.1, 0.15) is 6.04 Å². The molecule has 2 aromatic carbocycles. The Bertz CT molecular complexity index is 684. The summed E-state index contributed by atoms with van der Waals surface area (Å²) in [6.07, 6.45) is 0.655. The van der Waals surface area contributed by atoms with Crippen molar-refractivity contribution in [1.29, 1.82) is 0 Å². The molecule has 0 aliphatic rings. The average molecular weight is 428 g/mol. The number of carbonyl (C=O) groups is 1. The summed E-state index contributed by atoms with van der Waals surface area (Å²) in [5.74, 6) is -0.224. The topological polar surface area (TPSA) is 64.3 Å². The molecule has 136 valence electrons. The van der Waals surface area contributed by atoms with Crippen LogP contribution in [0.1, 0.15) is 18.1 Å². The van der Waals surface area contributed by atoms with E-state index >= 15 is 0 Å². The van der Waals surface area contributed by atoms with Crippen LogP contribution in [0.4, 0.5) is 0 Å². The minimum atomic E-state index is -0.694. The Morgan fingerprint density at radius 1 is 1.24 bits per heavy atom. The first-order chi connectivity index (χ1) is 11.4. The van der Waals surface area contributed by atoms with E-state index in [1.165, 1.54) is 7.11 Å². The molecule has 0 spiro atoms. The van der Waals surface area contributed by atoms with Crippen molar-refractivity contribution in [2.24, 2.45) is 5.73 Å². The lowest BCUT2D eigenvalue weighted by Gasteiger charge is -2.33. The van der Waals surface area contributed by atoms with Gasteiger partial charge in [-0.25, -0.2) is 0 Å². The molecule has 4 nitrogen and oxygen atoms in total. The van der Waals surface area contributed by atoms with Gasteiger partial charge in [-0.2, -0.15) is 0 Å². The lowest BCUT2D eigenvalue weighted by Crippen LogP contribution is -2.52. The molecule has 0 bridgehead atoms. The highest BCUT2D eigenvalue weighted by Crippen LogP contribution is 2.27. The molecule has 0 aromatic heterocycles. The van der Waals surface area contributed by atoms with Crippen LogP contribution in [-0.4, -0.2) is 25.7 Å². The average Bonchev–Trinajstić information content (AvgIpc) is 2.55. The summed E-state index contributed by atoms with van der Waals surface area (Å²) in [6.45, 7) is 2.20. The predicted octanol–water partition coefficient (Wildman–Crippen LogP) is 3.42. The third kappa shape index (κ3) is 6.12. The Kier molecular flexibility index (Phi) is 8.59. The minimum absolute atomic E-state index is 0. The summed E-state index contributed by atoms with van der Waals surface area (Å²) in [7, 11) is 1.53. The highest BCUT2D eigenvalue weighted by molar-refractivity contribution is 9.10. The maximum absolute atomic E-state index is 12.5. The van der Waals surface area contributed by atoms with Crippen molar-refractivity contribution in [2.45, 2.75) is 24.9 Å². The van der Waals surface area contributed by atoms with E-state index in [-0.39, 0.29) is 24.9 Å². The van der Waals surface area contributed by atoms with Crippen LogP contribution in [0.2, 0.25) is 0 Å². The Balaban J connectivity index is 0.00000312. The summed E-state index contributed by atoms with van der Waals surface area (Å²) < 4.78 is 6.00. The van der Waals surface area contributed by atoms with Gasteiger partial charge >= 0.3 is 0 Å². The molecule has 25 heavy (non-hydrogen) atoms. The Morgan fingerprint density at radius 2 is 1.92 bits per heavy atom. The molecule has 0 aliphatic carbocycles. The van der Waals surface area contributed by atoms with Gasteiger partial charge in [-0.05, 0) is 36.6 Å². The quantitative estimate of drug-likeness (QED) is 0.711. The van der Waals surface area contributed by atoms with Gasteiger partial charge in [0, 0.05) is 11.6 Å². The number of hydrogen-bond acceptors (Lipinski definition) is 3. The van der Waals surface area contributed by atoms with Gasteiger partial charge in [0.15, 0.2) is 0 Å². The van der Waals surface area contributed by atoms with Crippen LogP contribution in [-0.2, 0) is 21.5 Å².